The van der Waals surface area contributed by atoms with Gasteiger partial charge in [-0.15, -0.1) is 6.58 Å². The average Bonchev–Trinajstić information content (AvgIpc) is 2.79. The Morgan fingerprint density at radius 2 is 1.85 bits per heavy atom. The van der Waals surface area contributed by atoms with Crippen LogP contribution in [0.2, 0.25) is 0 Å². The van der Waals surface area contributed by atoms with Crippen LogP contribution in [0.4, 0.5) is 5.69 Å². The van der Waals surface area contributed by atoms with Gasteiger partial charge < -0.3 is 19.6 Å². The molecule has 0 amide bonds. The van der Waals surface area contributed by atoms with Crippen LogP contribution in [0.1, 0.15) is 26.3 Å². The number of rotatable bonds is 9. The zero-order valence-electron chi connectivity index (χ0n) is 19.3. The van der Waals surface area contributed by atoms with Crippen molar-refractivity contribution in [1.29, 1.82) is 0 Å². The van der Waals surface area contributed by atoms with Gasteiger partial charge in [-0.1, -0.05) is 36.4 Å². The normalized spacial score (nSPS) is 12.2. The van der Waals surface area contributed by atoms with Crippen LogP contribution in [0.3, 0.4) is 0 Å². The molecular weight excluding hydrogens is 531 g/mol. The van der Waals surface area contributed by atoms with Crippen molar-refractivity contribution in [3.05, 3.63) is 76.4 Å². The van der Waals surface area contributed by atoms with Crippen molar-refractivity contribution in [2.75, 3.05) is 12.5 Å². The second-order valence-electron chi connectivity index (χ2n) is 8.44. The van der Waals surface area contributed by atoms with E-state index in [1.165, 1.54) is 6.08 Å². The second kappa shape index (κ2) is 10.9. The Morgan fingerprint density at radius 1 is 1.12 bits per heavy atom. The highest BCUT2D eigenvalue weighted by molar-refractivity contribution is 14.1. The summed E-state index contributed by atoms with van der Waals surface area (Å²) < 4.78 is 18.0. The van der Waals surface area contributed by atoms with Gasteiger partial charge in [-0.25, -0.2) is 10.2 Å². The Labute approximate surface area is 208 Å². The van der Waals surface area contributed by atoms with Crippen LogP contribution < -0.4 is 20.3 Å². The van der Waals surface area contributed by atoms with Gasteiger partial charge in [-0.2, -0.15) is 0 Å². The van der Waals surface area contributed by atoms with E-state index in [-0.39, 0.29) is 0 Å². The van der Waals surface area contributed by atoms with E-state index in [2.05, 4.69) is 40.0 Å². The molecule has 0 spiro atoms. The maximum Gasteiger partial charge on any atom is 0.329 e. The molecule has 0 fully saturated rings. The largest absolute Gasteiger partial charge is 0.497 e. The first kappa shape index (κ1) is 24.9. The molecule has 1 unspecified atom stereocenters. The Hall–Kier alpha value is -2.78. The molecule has 0 saturated carbocycles. The van der Waals surface area contributed by atoms with Crippen molar-refractivity contribution < 1.29 is 19.0 Å². The summed E-state index contributed by atoms with van der Waals surface area (Å²) in [6.07, 6.45) is 1.50. The first-order valence-electron chi connectivity index (χ1n) is 10.6. The topological polar surface area (TPSA) is 68.8 Å². The molecule has 174 valence electrons. The second-order valence-corrected chi connectivity index (χ2v) is 9.52. The molecule has 3 aromatic rings. The predicted molar refractivity (Wildman–Crippen MR) is 141 cm³/mol. The number of hydrogen-bond donors (Lipinski definition) is 2. The number of esters is 1. The Morgan fingerprint density at radius 3 is 2.48 bits per heavy atom. The smallest absolute Gasteiger partial charge is 0.329 e. The summed E-state index contributed by atoms with van der Waals surface area (Å²) in [7, 11) is 1.64. The van der Waals surface area contributed by atoms with Gasteiger partial charge >= 0.3 is 5.97 Å². The molecule has 3 rings (SSSR count). The summed E-state index contributed by atoms with van der Waals surface area (Å²) >= 11 is 2.27. The lowest BCUT2D eigenvalue weighted by atomic mass is 10.1. The van der Waals surface area contributed by atoms with Gasteiger partial charge in [-0.05, 0) is 67.1 Å². The van der Waals surface area contributed by atoms with E-state index < -0.39 is 17.6 Å². The van der Waals surface area contributed by atoms with Crippen molar-refractivity contribution in [2.45, 2.75) is 39.0 Å². The van der Waals surface area contributed by atoms with Gasteiger partial charge in [0.05, 0.1) is 12.8 Å². The summed E-state index contributed by atoms with van der Waals surface area (Å²) in [4.78, 5) is 12.5. The van der Waals surface area contributed by atoms with Crippen molar-refractivity contribution in [1.82, 2.24) is 5.43 Å². The van der Waals surface area contributed by atoms with E-state index in [1.807, 2.05) is 75.4 Å². The predicted octanol–water partition coefficient (Wildman–Crippen LogP) is 5.84. The molecule has 6 nitrogen and oxygen atoms in total. The molecule has 33 heavy (non-hydrogen) atoms. The number of carbonyl (C=O) groups is 1. The lowest BCUT2D eigenvalue weighted by Crippen LogP contribution is -2.42. The quantitative estimate of drug-likeness (QED) is 0.148. The standard InChI is InChI=1S/C26H29IN2O4/c1-6-21(25(30)33-26(2,3)4)28-29-22-15-23(32-16-17-10-8-7-9-11-17)19-13-12-18(31-5)14-20(19)24(22)27/h6-15,21,28-29H,1,16H2,2-5H3. The molecule has 0 saturated heterocycles. The van der Waals surface area contributed by atoms with E-state index in [1.54, 1.807) is 7.11 Å². The number of ether oxygens (including phenoxy) is 3. The number of hydrogen-bond acceptors (Lipinski definition) is 6. The number of hydrazine groups is 1. The van der Waals surface area contributed by atoms with E-state index in [0.717, 1.165) is 31.3 Å². The van der Waals surface area contributed by atoms with Gasteiger partial charge in [0.2, 0.25) is 0 Å². The van der Waals surface area contributed by atoms with Gasteiger partial charge in [0.15, 0.2) is 0 Å². The van der Waals surface area contributed by atoms with Crippen molar-refractivity contribution in [2.24, 2.45) is 0 Å². The monoisotopic (exact) mass is 560 g/mol. The number of anilines is 1. The minimum Gasteiger partial charge on any atom is -0.497 e. The van der Waals surface area contributed by atoms with E-state index in [9.17, 15) is 4.79 Å². The Kier molecular flexibility index (Phi) is 8.20. The third kappa shape index (κ3) is 6.61. The van der Waals surface area contributed by atoms with Crippen molar-refractivity contribution in [3.8, 4) is 11.5 Å². The van der Waals surface area contributed by atoms with Crippen molar-refractivity contribution >= 4 is 45.0 Å². The van der Waals surface area contributed by atoms with Gasteiger partial charge in [0.25, 0.3) is 0 Å². The number of fused-ring (bicyclic) bond motifs is 1. The maximum absolute atomic E-state index is 12.5. The molecular formula is C26H29IN2O4. The van der Waals surface area contributed by atoms with E-state index in [4.69, 9.17) is 14.2 Å². The Bertz CT molecular complexity index is 1130. The van der Waals surface area contributed by atoms with Crippen LogP contribution >= 0.6 is 22.6 Å². The molecule has 0 aromatic heterocycles. The highest BCUT2D eigenvalue weighted by Crippen LogP contribution is 2.37. The molecule has 7 heteroatoms. The van der Waals surface area contributed by atoms with Crippen LogP contribution in [0.5, 0.6) is 11.5 Å². The lowest BCUT2D eigenvalue weighted by Gasteiger charge is -2.24. The molecule has 0 heterocycles. The number of benzene rings is 3. The van der Waals surface area contributed by atoms with Crippen LogP contribution in [0.15, 0.2) is 67.3 Å². The molecule has 0 aliphatic rings. The fourth-order valence-corrected chi connectivity index (χ4v) is 3.88. The molecule has 0 aliphatic heterocycles. The first-order chi connectivity index (χ1) is 15.7. The fourth-order valence-electron chi connectivity index (χ4n) is 3.14. The van der Waals surface area contributed by atoms with Gasteiger partial charge in [0.1, 0.15) is 29.7 Å². The lowest BCUT2D eigenvalue weighted by molar-refractivity contribution is -0.155. The molecule has 3 aromatic carbocycles. The molecule has 1 atom stereocenters. The van der Waals surface area contributed by atoms with Crippen LogP contribution in [0, 0.1) is 3.57 Å². The third-order valence-corrected chi connectivity index (χ3v) is 5.90. The zero-order valence-corrected chi connectivity index (χ0v) is 21.4. The molecule has 0 radical (unpaired) electrons. The zero-order chi connectivity index (χ0) is 24.0. The van der Waals surface area contributed by atoms with Crippen LogP contribution in [-0.4, -0.2) is 24.7 Å². The van der Waals surface area contributed by atoms with Gasteiger partial charge in [-0.3, -0.25) is 0 Å². The summed E-state index contributed by atoms with van der Waals surface area (Å²) in [5.41, 5.74) is 7.40. The number of nitrogens with one attached hydrogen (secondary N) is 2. The summed E-state index contributed by atoms with van der Waals surface area (Å²) in [6.45, 7) is 9.67. The number of methoxy groups -OCH3 is 1. The minimum absolute atomic E-state index is 0.414. The summed E-state index contributed by atoms with van der Waals surface area (Å²) in [6, 6.07) is 17.0. The van der Waals surface area contributed by atoms with E-state index >= 15 is 0 Å². The summed E-state index contributed by atoms with van der Waals surface area (Å²) in [5, 5.41) is 1.94. The minimum atomic E-state index is -0.727. The van der Waals surface area contributed by atoms with Crippen LogP contribution in [-0.2, 0) is 16.1 Å². The SMILES string of the molecule is C=CC(NNc1cc(OCc2ccccc2)c2ccc(OC)cc2c1I)C(=O)OC(C)(C)C. The number of carbonyl (C=O) groups excluding carboxylic acids is 1. The van der Waals surface area contributed by atoms with Gasteiger partial charge in [0, 0.05) is 20.4 Å². The highest BCUT2D eigenvalue weighted by atomic mass is 127. The van der Waals surface area contributed by atoms with Crippen LogP contribution in [0.25, 0.3) is 10.8 Å². The average molecular weight is 560 g/mol. The molecule has 0 bridgehead atoms. The highest BCUT2D eigenvalue weighted by Gasteiger charge is 2.23. The van der Waals surface area contributed by atoms with E-state index in [0.29, 0.717) is 12.4 Å². The fraction of sp³-hybridized carbons (Fsp3) is 0.269. The molecule has 2 N–H and O–H groups in total. The summed E-state index contributed by atoms with van der Waals surface area (Å²) in [5.74, 6) is 1.05. The number of halogens is 1. The maximum atomic E-state index is 12.5. The molecule has 0 aliphatic carbocycles. The third-order valence-electron chi connectivity index (χ3n) is 4.74. The van der Waals surface area contributed by atoms with Crippen molar-refractivity contribution in [3.63, 3.8) is 0 Å². The first-order valence-corrected chi connectivity index (χ1v) is 11.6. The Balaban J connectivity index is 1.90.